The van der Waals surface area contributed by atoms with Crippen molar-refractivity contribution in [2.45, 2.75) is 77.8 Å². The molecule has 2 aromatic heterocycles. The fourth-order valence-corrected chi connectivity index (χ4v) is 5.52. The first kappa shape index (κ1) is 27.3. The predicted octanol–water partition coefficient (Wildman–Crippen LogP) is 4.57. The minimum atomic E-state index is -0.825. The second-order valence-corrected chi connectivity index (χ2v) is 11.3. The summed E-state index contributed by atoms with van der Waals surface area (Å²) in [6.07, 6.45) is 1.68. The maximum absolute atomic E-state index is 15.0. The Labute approximate surface area is 231 Å². The number of aliphatic hydroxyl groups is 1. The molecule has 1 saturated heterocycles. The Morgan fingerprint density at radius 3 is 2.52 bits per heavy atom. The van der Waals surface area contributed by atoms with E-state index in [1.54, 1.807) is 27.0 Å². The summed E-state index contributed by atoms with van der Waals surface area (Å²) in [4.78, 5) is 34.1. The molecule has 2 atom stereocenters. The van der Waals surface area contributed by atoms with E-state index in [1.165, 1.54) is 28.9 Å². The number of aliphatic hydroxyl groups excluding tert-OH is 1. The molecule has 2 aliphatic heterocycles. The van der Waals surface area contributed by atoms with Crippen LogP contribution in [0.15, 0.2) is 36.5 Å². The Bertz CT molecular complexity index is 1530. The number of fused-ring (bicyclic) bond motifs is 1. The third kappa shape index (κ3) is 4.91. The summed E-state index contributed by atoms with van der Waals surface area (Å²) in [6, 6.07) is 9.56. The fraction of sp³-hybridized carbons (Fsp3) is 0.414. The van der Waals surface area contributed by atoms with Crippen LogP contribution in [0.1, 0.15) is 69.1 Å². The molecule has 0 spiro atoms. The first-order chi connectivity index (χ1) is 18.9. The van der Waals surface area contributed by atoms with E-state index in [-0.39, 0.29) is 52.8 Å². The number of rotatable bonds is 3. The number of halogens is 1. The van der Waals surface area contributed by atoms with Gasteiger partial charge in [-0.2, -0.15) is 10.4 Å². The van der Waals surface area contributed by atoms with E-state index in [9.17, 15) is 20.0 Å². The zero-order chi connectivity index (χ0) is 28.9. The summed E-state index contributed by atoms with van der Waals surface area (Å²) in [5, 5.41) is 24.6. The number of ether oxygens (including phenoxy) is 1. The Balaban J connectivity index is 1.64. The normalized spacial score (nSPS) is 20.9. The maximum Gasteiger partial charge on any atom is 0.417 e. The van der Waals surface area contributed by atoms with E-state index >= 15 is 4.39 Å². The van der Waals surface area contributed by atoms with Crippen LogP contribution in [0, 0.1) is 17.1 Å². The van der Waals surface area contributed by atoms with Gasteiger partial charge >= 0.3 is 6.09 Å². The van der Waals surface area contributed by atoms with Crippen molar-refractivity contribution in [1.82, 2.24) is 19.7 Å². The number of benzene rings is 1. The van der Waals surface area contributed by atoms with E-state index in [4.69, 9.17) is 9.84 Å². The molecule has 11 heteroatoms. The van der Waals surface area contributed by atoms with Gasteiger partial charge in [0.2, 0.25) is 0 Å². The molecule has 1 fully saturated rings. The van der Waals surface area contributed by atoms with Crippen LogP contribution in [0.25, 0.3) is 16.9 Å². The van der Waals surface area contributed by atoms with Gasteiger partial charge in [-0.25, -0.2) is 23.8 Å². The quantitative estimate of drug-likeness (QED) is 0.506. The number of aromatic nitrogens is 3. The van der Waals surface area contributed by atoms with Gasteiger partial charge in [-0.05, 0) is 65.7 Å². The van der Waals surface area contributed by atoms with Crippen LogP contribution in [0.4, 0.5) is 15.0 Å². The Hall–Kier alpha value is -4.30. The van der Waals surface area contributed by atoms with Crippen LogP contribution in [0.3, 0.4) is 0 Å². The van der Waals surface area contributed by atoms with Crippen LogP contribution in [-0.4, -0.2) is 60.6 Å². The van der Waals surface area contributed by atoms with E-state index in [1.807, 2.05) is 26.0 Å². The van der Waals surface area contributed by atoms with E-state index < -0.39 is 23.4 Å². The van der Waals surface area contributed by atoms with Crippen molar-refractivity contribution in [1.29, 1.82) is 5.26 Å². The highest BCUT2D eigenvalue weighted by Crippen LogP contribution is 2.35. The second-order valence-electron chi connectivity index (χ2n) is 11.3. The molecule has 208 valence electrons. The molecule has 3 aromatic rings. The number of nitrogens with zero attached hydrogens (tertiary/aromatic N) is 6. The number of anilines is 1. The van der Waals surface area contributed by atoms with Crippen molar-refractivity contribution in [2.75, 3.05) is 4.90 Å². The van der Waals surface area contributed by atoms with Crippen molar-refractivity contribution >= 4 is 17.8 Å². The zero-order valence-electron chi connectivity index (χ0n) is 23.1. The van der Waals surface area contributed by atoms with Gasteiger partial charge in [0.1, 0.15) is 11.4 Å². The number of imide groups is 1. The largest absolute Gasteiger partial charge is 0.443 e. The van der Waals surface area contributed by atoms with Crippen LogP contribution in [0.5, 0.6) is 0 Å². The molecular formula is C29H31FN6O4. The molecule has 1 N–H and O–H groups in total. The molecule has 40 heavy (non-hydrogen) atoms. The highest BCUT2D eigenvalue weighted by molar-refractivity contribution is 6.08. The Morgan fingerprint density at radius 1 is 1.18 bits per heavy atom. The molecule has 0 bridgehead atoms. The smallest absolute Gasteiger partial charge is 0.417 e. The SMILES string of the molecule is CC1CC(O)CC(C)N1c1ccn(-c2cc(-c3c(F)cccc3C#N)nc3c2C(=O)N(C(=O)OC(C)(C)C)C3)n1. The number of piperidine rings is 1. The highest BCUT2D eigenvalue weighted by atomic mass is 19.1. The maximum atomic E-state index is 15.0. The number of hydrogen-bond acceptors (Lipinski definition) is 8. The van der Waals surface area contributed by atoms with E-state index in [2.05, 4.69) is 9.88 Å². The minimum Gasteiger partial charge on any atom is -0.443 e. The Kier molecular flexibility index (Phi) is 6.84. The van der Waals surface area contributed by atoms with Crippen molar-refractivity contribution < 1.29 is 23.8 Å². The van der Waals surface area contributed by atoms with Gasteiger partial charge < -0.3 is 14.7 Å². The molecule has 0 saturated carbocycles. The minimum absolute atomic E-state index is 0.00291. The number of carbonyl (C=O) groups excluding carboxylic acids is 2. The summed E-state index contributed by atoms with van der Waals surface area (Å²) in [5.74, 6) is -0.592. The lowest BCUT2D eigenvalue weighted by Gasteiger charge is -2.41. The van der Waals surface area contributed by atoms with Crippen LogP contribution >= 0.6 is 0 Å². The third-order valence-electron chi connectivity index (χ3n) is 7.11. The lowest BCUT2D eigenvalue weighted by Crippen LogP contribution is -2.48. The van der Waals surface area contributed by atoms with Gasteiger partial charge in [0.15, 0.2) is 5.82 Å². The van der Waals surface area contributed by atoms with Gasteiger partial charge in [-0.1, -0.05) is 6.07 Å². The van der Waals surface area contributed by atoms with Crippen molar-refractivity contribution in [3.8, 4) is 23.0 Å². The summed E-state index contributed by atoms with van der Waals surface area (Å²) in [7, 11) is 0. The summed E-state index contributed by atoms with van der Waals surface area (Å²) >= 11 is 0. The molecule has 5 rings (SSSR count). The average molecular weight is 547 g/mol. The van der Waals surface area contributed by atoms with Gasteiger partial charge in [-0.15, -0.1) is 0 Å². The molecule has 10 nitrogen and oxygen atoms in total. The lowest BCUT2D eigenvalue weighted by molar-refractivity contribution is 0.0247. The van der Waals surface area contributed by atoms with Crippen molar-refractivity contribution in [3.05, 3.63) is 59.2 Å². The molecule has 2 aliphatic rings. The van der Waals surface area contributed by atoms with Crippen LogP contribution < -0.4 is 4.90 Å². The standard InChI is InChI=1S/C29H31FN6O4/c1-16-11-19(37)12-17(2)36(16)24-9-10-35(33-24)23-13-21(25-18(14-31)7-6-8-20(25)30)32-22-15-34(27(38)26(22)23)28(39)40-29(3,4)5/h6-10,13,16-17,19,37H,11-12,15H2,1-5H3. The number of pyridine rings is 1. The summed E-state index contributed by atoms with van der Waals surface area (Å²) in [5.41, 5.74) is 0.0900. The summed E-state index contributed by atoms with van der Waals surface area (Å²) < 4.78 is 22.0. The summed E-state index contributed by atoms with van der Waals surface area (Å²) in [6.45, 7) is 8.97. The molecule has 0 aliphatic carbocycles. The van der Waals surface area contributed by atoms with E-state index in [0.717, 1.165) is 4.90 Å². The average Bonchev–Trinajstić information content (AvgIpc) is 3.46. The lowest BCUT2D eigenvalue weighted by atomic mass is 9.95. The second kappa shape index (κ2) is 10.0. The molecule has 4 heterocycles. The van der Waals surface area contributed by atoms with E-state index in [0.29, 0.717) is 24.3 Å². The molecule has 2 amide bonds. The topological polar surface area (TPSA) is 125 Å². The zero-order valence-corrected chi connectivity index (χ0v) is 23.1. The number of amides is 2. The van der Waals surface area contributed by atoms with Gasteiger partial charge in [0.05, 0.1) is 52.5 Å². The molecule has 1 aromatic carbocycles. The predicted molar refractivity (Wildman–Crippen MR) is 144 cm³/mol. The monoisotopic (exact) mass is 546 g/mol. The number of hydrogen-bond donors (Lipinski definition) is 1. The molecular weight excluding hydrogens is 515 g/mol. The van der Waals surface area contributed by atoms with Gasteiger partial charge in [0, 0.05) is 24.3 Å². The van der Waals surface area contributed by atoms with Crippen LogP contribution in [0.2, 0.25) is 0 Å². The third-order valence-corrected chi connectivity index (χ3v) is 7.11. The van der Waals surface area contributed by atoms with Crippen molar-refractivity contribution in [3.63, 3.8) is 0 Å². The van der Waals surface area contributed by atoms with Gasteiger partial charge in [0.25, 0.3) is 5.91 Å². The Morgan fingerprint density at radius 2 is 1.88 bits per heavy atom. The first-order valence-electron chi connectivity index (χ1n) is 13.2. The first-order valence-corrected chi connectivity index (χ1v) is 13.2. The highest BCUT2D eigenvalue weighted by Gasteiger charge is 2.39. The number of carbonyl (C=O) groups is 2. The fourth-order valence-electron chi connectivity index (χ4n) is 5.52. The van der Waals surface area contributed by atoms with Gasteiger partial charge in [-0.3, -0.25) is 4.79 Å². The molecule has 0 radical (unpaired) electrons. The van der Waals surface area contributed by atoms with Crippen molar-refractivity contribution in [2.24, 2.45) is 0 Å². The number of nitriles is 1. The molecule has 2 unspecified atom stereocenters. The van der Waals surface area contributed by atoms with Crippen LogP contribution in [-0.2, 0) is 11.3 Å².